The van der Waals surface area contributed by atoms with Gasteiger partial charge in [-0.05, 0) is 0 Å². The molecule has 0 aromatic carbocycles. The molecule has 0 saturated carbocycles. The number of piperazine rings is 1. The van der Waals surface area contributed by atoms with E-state index in [1.54, 1.807) is 4.90 Å². The number of rotatable bonds is 4. The molecule has 1 saturated heterocycles. The molecular formula is C10H16BBrN2O2. The van der Waals surface area contributed by atoms with Crippen LogP contribution in [-0.2, 0) is 9.59 Å². The van der Waals surface area contributed by atoms with Crippen LogP contribution in [0.5, 0.6) is 0 Å². The molecule has 16 heavy (non-hydrogen) atoms. The van der Waals surface area contributed by atoms with E-state index in [0.29, 0.717) is 50.7 Å². The summed E-state index contributed by atoms with van der Waals surface area (Å²) >= 11 is 3.25. The van der Waals surface area contributed by atoms with Gasteiger partial charge in [-0.15, -0.1) is 0 Å². The van der Waals surface area contributed by atoms with Crippen LogP contribution < -0.4 is 0 Å². The number of hydrogen-bond acceptors (Lipinski definition) is 2. The second-order valence-electron chi connectivity index (χ2n) is 3.74. The lowest BCUT2D eigenvalue weighted by atomic mass is 10.0. The van der Waals surface area contributed by atoms with E-state index in [2.05, 4.69) is 15.9 Å². The summed E-state index contributed by atoms with van der Waals surface area (Å²) in [6.07, 6.45) is 1.31. The van der Waals surface area contributed by atoms with Gasteiger partial charge in [0.25, 0.3) is 0 Å². The van der Waals surface area contributed by atoms with E-state index in [1.165, 1.54) is 0 Å². The molecule has 88 valence electrons. The van der Waals surface area contributed by atoms with Crippen LogP contribution in [0.3, 0.4) is 0 Å². The smallest absolute Gasteiger partial charge is 0.223 e. The Kier molecular flexibility index (Phi) is 5.88. The molecule has 0 atom stereocenters. The zero-order valence-corrected chi connectivity index (χ0v) is 10.9. The van der Waals surface area contributed by atoms with Gasteiger partial charge in [0.05, 0.1) is 7.85 Å². The van der Waals surface area contributed by atoms with E-state index >= 15 is 0 Å². The number of halogens is 1. The molecule has 0 bridgehead atoms. The second kappa shape index (κ2) is 6.94. The fraction of sp³-hybridized carbons (Fsp3) is 0.800. The lowest BCUT2D eigenvalue weighted by Crippen LogP contribution is -2.50. The van der Waals surface area contributed by atoms with Crippen molar-refractivity contribution in [3.63, 3.8) is 0 Å². The highest BCUT2D eigenvalue weighted by Crippen LogP contribution is 2.06. The Labute approximate surface area is 106 Å². The standard InChI is InChI=1S/C10H16BBrN2O2/c11-3-1-9(15)13-5-7-14(8-6-13)10(16)2-4-12/h1-8H2. The highest BCUT2D eigenvalue weighted by atomic mass is 79.9. The molecule has 0 unspecified atom stereocenters. The number of carbonyl (C=O) groups is 2. The van der Waals surface area contributed by atoms with Gasteiger partial charge in [-0.2, -0.15) is 0 Å². The number of hydrogen-bond donors (Lipinski definition) is 0. The molecule has 1 rings (SSSR count). The number of alkyl halides is 1. The Morgan fingerprint density at radius 3 is 1.81 bits per heavy atom. The Balaban J connectivity index is 2.33. The minimum atomic E-state index is 0.0927. The first-order valence-corrected chi connectivity index (χ1v) is 6.62. The van der Waals surface area contributed by atoms with Gasteiger partial charge in [0, 0.05) is 44.4 Å². The second-order valence-corrected chi connectivity index (χ2v) is 4.53. The Morgan fingerprint density at radius 1 is 1.00 bits per heavy atom. The van der Waals surface area contributed by atoms with Gasteiger partial charge in [0.1, 0.15) is 0 Å². The topological polar surface area (TPSA) is 40.6 Å². The van der Waals surface area contributed by atoms with Crippen molar-refractivity contribution in [1.29, 1.82) is 0 Å². The third kappa shape index (κ3) is 3.81. The van der Waals surface area contributed by atoms with Gasteiger partial charge in [-0.25, -0.2) is 0 Å². The largest absolute Gasteiger partial charge is 0.339 e. The van der Waals surface area contributed by atoms with Gasteiger partial charge in [0.15, 0.2) is 0 Å². The van der Waals surface area contributed by atoms with Crippen LogP contribution in [0.15, 0.2) is 0 Å². The zero-order chi connectivity index (χ0) is 12.0. The van der Waals surface area contributed by atoms with Crippen molar-refractivity contribution in [2.24, 2.45) is 0 Å². The summed E-state index contributed by atoms with van der Waals surface area (Å²) in [5.41, 5.74) is 0. The zero-order valence-electron chi connectivity index (χ0n) is 9.32. The average Bonchev–Trinajstić information content (AvgIpc) is 2.30. The molecule has 1 heterocycles. The maximum absolute atomic E-state index is 11.6. The van der Waals surface area contributed by atoms with Crippen molar-refractivity contribution >= 4 is 35.6 Å². The maximum Gasteiger partial charge on any atom is 0.223 e. The number of carbonyl (C=O) groups excluding carboxylic acids is 2. The molecule has 0 aromatic rings. The predicted octanol–water partition coefficient (Wildman–Crippen LogP) is 0.419. The lowest BCUT2D eigenvalue weighted by Gasteiger charge is -2.34. The Hall–Kier alpha value is -0.515. The Morgan fingerprint density at radius 2 is 1.44 bits per heavy atom. The van der Waals surface area contributed by atoms with E-state index in [1.807, 2.05) is 4.90 Å². The summed E-state index contributed by atoms with van der Waals surface area (Å²) in [7, 11) is 5.33. The van der Waals surface area contributed by atoms with Crippen LogP contribution in [0.1, 0.15) is 12.8 Å². The third-order valence-corrected chi connectivity index (χ3v) is 3.05. The summed E-state index contributed by atoms with van der Waals surface area (Å²) < 4.78 is 0. The Bertz CT molecular complexity index is 229. The molecule has 0 spiro atoms. The van der Waals surface area contributed by atoms with Crippen molar-refractivity contribution in [3.05, 3.63) is 0 Å². The molecule has 4 nitrogen and oxygen atoms in total. The maximum atomic E-state index is 11.6. The van der Waals surface area contributed by atoms with Gasteiger partial charge in [-0.1, -0.05) is 22.3 Å². The fourth-order valence-electron chi connectivity index (χ4n) is 1.73. The highest BCUT2D eigenvalue weighted by molar-refractivity contribution is 9.09. The molecule has 1 aliphatic rings. The number of nitrogens with zero attached hydrogens (tertiary/aromatic N) is 2. The average molecular weight is 287 g/mol. The fourth-order valence-corrected chi connectivity index (χ4v) is 2.06. The van der Waals surface area contributed by atoms with Crippen LogP contribution in [-0.4, -0.2) is 61.0 Å². The van der Waals surface area contributed by atoms with Crippen LogP contribution in [0.2, 0.25) is 6.32 Å². The first-order valence-electron chi connectivity index (χ1n) is 5.50. The SMILES string of the molecule is [B]CCC(=O)N1CCN(C(=O)CCBr)CC1. The van der Waals surface area contributed by atoms with E-state index in [0.717, 1.165) is 0 Å². The lowest BCUT2D eigenvalue weighted by molar-refractivity contribution is -0.139. The van der Waals surface area contributed by atoms with Crippen molar-refractivity contribution < 1.29 is 9.59 Å². The molecule has 6 heteroatoms. The molecule has 2 amide bonds. The van der Waals surface area contributed by atoms with E-state index in [4.69, 9.17) is 7.85 Å². The first-order chi connectivity index (χ1) is 7.69. The van der Waals surface area contributed by atoms with E-state index in [9.17, 15) is 9.59 Å². The summed E-state index contributed by atoms with van der Waals surface area (Å²) in [6, 6.07) is 0. The molecule has 0 N–H and O–H groups in total. The first kappa shape index (κ1) is 13.5. The summed E-state index contributed by atoms with van der Waals surface area (Å²) in [4.78, 5) is 26.7. The highest BCUT2D eigenvalue weighted by Gasteiger charge is 2.22. The van der Waals surface area contributed by atoms with Crippen molar-refractivity contribution in [2.75, 3.05) is 31.5 Å². The van der Waals surface area contributed by atoms with Crippen LogP contribution in [0.25, 0.3) is 0 Å². The van der Waals surface area contributed by atoms with Gasteiger partial charge >= 0.3 is 0 Å². The quantitative estimate of drug-likeness (QED) is 0.555. The van der Waals surface area contributed by atoms with Crippen LogP contribution in [0.4, 0.5) is 0 Å². The molecule has 2 radical (unpaired) electrons. The normalized spacial score (nSPS) is 16.3. The minimum Gasteiger partial charge on any atom is -0.339 e. The predicted molar refractivity (Wildman–Crippen MR) is 66.7 cm³/mol. The van der Waals surface area contributed by atoms with Crippen molar-refractivity contribution in [2.45, 2.75) is 19.2 Å². The summed E-state index contributed by atoms with van der Waals surface area (Å²) in [5.74, 6) is 0.248. The summed E-state index contributed by atoms with van der Waals surface area (Å²) in [5, 5.41) is 0.693. The molecule has 1 aliphatic heterocycles. The van der Waals surface area contributed by atoms with Gasteiger partial charge < -0.3 is 9.80 Å². The van der Waals surface area contributed by atoms with Crippen LogP contribution >= 0.6 is 15.9 Å². The van der Waals surface area contributed by atoms with Gasteiger partial charge in [-0.3, -0.25) is 9.59 Å². The monoisotopic (exact) mass is 286 g/mol. The number of amides is 2. The van der Waals surface area contributed by atoms with Crippen molar-refractivity contribution in [1.82, 2.24) is 9.80 Å². The molecule has 0 aromatic heterocycles. The molecular weight excluding hydrogens is 271 g/mol. The van der Waals surface area contributed by atoms with Crippen molar-refractivity contribution in [3.8, 4) is 0 Å². The summed E-state index contributed by atoms with van der Waals surface area (Å²) in [6.45, 7) is 2.55. The van der Waals surface area contributed by atoms with E-state index < -0.39 is 0 Å². The van der Waals surface area contributed by atoms with Crippen LogP contribution in [0, 0.1) is 0 Å². The molecule has 1 fully saturated rings. The van der Waals surface area contributed by atoms with Gasteiger partial charge in [0.2, 0.25) is 11.8 Å². The minimum absolute atomic E-state index is 0.0927. The molecule has 0 aliphatic carbocycles. The van der Waals surface area contributed by atoms with E-state index in [-0.39, 0.29) is 11.8 Å². The third-order valence-electron chi connectivity index (χ3n) is 2.65.